The number of fused-ring (bicyclic) bond motifs is 1. The minimum atomic E-state index is -3.71. The lowest BCUT2D eigenvalue weighted by Gasteiger charge is -2.21. The first-order valence-corrected chi connectivity index (χ1v) is 10.1. The molecule has 126 valence electrons. The summed E-state index contributed by atoms with van der Waals surface area (Å²) in [6, 6.07) is 13.7. The van der Waals surface area contributed by atoms with Gasteiger partial charge in [0.05, 0.1) is 10.6 Å². The van der Waals surface area contributed by atoms with Crippen LogP contribution in [0.2, 0.25) is 0 Å². The van der Waals surface area contributed by atoms with Gasteiger partial charge in [-0.05, 0) is 42.5 Å². The van der Waals surface area contributed by atoms with Gasteiger partial charge in [0.2, 0.25) is 5.91 Å². The molecule has 1 N–H and O–H groups in total. The third kappa shape index (κ3) is 3.57. The van der Waals surface area contributed by atoms with Crippen molar-refractivity contribution in [2.75, 3.05) is 21.9 Å². The van der Waals surface area contributed by atoms with Crippen molar-refractivity contribution in [2.24, 2.45) is 0 Å². The van der Waals surface area contributed by atoms with Crippen LogP contribution in [-0.2, 0) is 14.8 Å². The van der Waals surface area contributed by atoms with E-state index in [4.69, 9.17) is 0 Å². The molecule has 2 aromatic rings. The molecular weight excluding hydrogens is 344 g/mol. The molecular formula is C17H18N2O3S2. The zero-order valence-corrected chi connectivity index (χ0v) is 14.9. The third-order valence-corrected chi connectivity index (χ3v) is 6.25. The van der Waals surface area contributed by atoms with E-state index in [9.17, 15) is 13.2 Å². The van der Waals surface area contributed by atoms with Crippen molar-refractivity contribution in [3.63, 3.8) is 0 Å². The Bertz CT molecular complexity index is 851. The first-order chi connectivity index (χ1) is 11.5. The molecule has 2 aromatic carbocycles. The first-order valence-electron chi connectivity index (χ1n) is 7.60. The average Bonchev–Trinajstić information content (AvgIpc) is 2.77. The third-order valence-electron chi connectivity index (χ3n) is 3.72. The lowest BCUT2D eigenvalue weighted by atomic mass is 10.2. The van der Waals surface area contributed by atoms with Crippen molar-refractivity contribution in [2.45, 2.75) is 23.1 Å². The number of amides is 1. The number of nitrogens with one attached hydrogen (secondary N) is 1. The molecule has 3 rings (SSSR count). The molecule has 1 aliphatic heterocycles. The number of rotatable bonds is 3. The van der Waals surface area contributed by atoms with Crippen molar-refractivity contribution >= 4 is 39.1 Å². The van der Waals surface area contributed by atoms with E-state index >= 15 is 0 Å². The topological polar surface area (TPSA) is 66.5 Å². The largest absolute Gasteiger partial charge is 0.311 e. The fourth-order valence-corrected chi connectivity index (χ4v) is 4.62. The maximum absolute atomic E-state index is 12.6. The molecule has 7 heteroatoms. The maximum atomic E-state index is 12.6. The first kappa shape index (κ1) is 16.9. The van der Waals surface area contributed by atoms with E-state index in [1.165, 1.54) is 6.92 Å². The molecule has 1 amide bonds. The van der Waals surface area contributed by atoms with Crippen LogP contribution in [-0.4, -0.2) is 26.6 Å². The van der Waals surface area contributed by atoms with Crippen LogP contribution in [0, 0.1) is 0 Å². The summed E-state index contributed by atoms with van der Waals surface area (Å²) in [5, 5.41) is 0. The molecule has 1 heterocycles. The lowest BCUT2D eigenvalue weighted by Crippen LogP contribution is -2.29. The zero-order chi connectivity index (χ0) is 17.2. The Morgan fingerprint density at radius 3 is 2.62 bits per heavy atom. The highest BCUT2D eigenvalue weighted by molar-refractivity contribution is 7.99. The molecule has 0 bridgehead atoms. The fraction of sp³-hybridized carbons (Fsp3) is 0.235. The highest BCUT2D eigenvalue weighted by Crippen LogP contribution is 2.36. The summed E-state index contributed by atoms with van der Waals surface area (Å²) in [4.78, 5) is 14.7. The van der Waals surface area contributed by atoms with Gasteiger partial charge in [-0.3, -0.25) is 9.52 Å². The van der Waals surface area contributed by atoms with Gasteiger partial charge in [-0.25, -0.2) is 8.42 Å². The van der Waals surface area contributed by atoms with Crippen molar-refractivity contribution in [1.82, 2.24) is 0 Å². The standard InChI is InChI=1S/C17H18N2O3S2/c1-13(20)19-10-5-11-23-17-9-8-15(12-16(17)19)24(21,22)18-14-6-3-2-4-7-14/h2-4,6-9,12,18H,5,10-11H2,1H3. The maximum Gasteiger partial charge on any atom is 0.261 e. The Balaban J connectivity index is 1.99. The highest BCUT2D eigenvalue weighted by atomic mass is 32.2. The van der Waals surface area contributed by atoms with Gasteiger partial charge in [0.25, 0.3) is 10.0 Å². The fourth-order valence-electron chi connectivity index (χ4n) is 2.57. The van der Waals surface area contributed by atoms with Crippen LogP contribution in [0.4, 0.5) is 11.4 Å². The number of nitrogens with zero attached hydrogens (tertiary/aromatic N) is 1. The molecule has 0 saturated carbocycles. The number of carbonyl (C=O) groups excluding carboxylic acids is 1. The average molecular weight is 362 g/mol. The van der Waals surface area contributed by atoms with E-state index in [0.29, 0.717) is 17.9 Å². The molecule has 0 unspecified atom stereocenters. The van der Waals surface area contributed by atoms with Crippen molar-refractivity contribution in [3.05, 3.63) is 48.5 Å². The predicted molar refractivity (Wildman–Crippen MR) is 97.1 cm³/mol. The number of para-hydroxylation sites is 1. The molecule has 0 atom stereocenters. The normalized spacial score (nSPS) is 14.6. The summed E-state index contributed by atoms with van der Waals surface area (Å²) in [7, 11) is -3.71. The van der Waals surface area contributed by atoms with Crippen molar-refractivity contribution in [1.29, 1.82) is 0 Å². The Morgan fingerprint density at radius 2 is 1.92 bits per heavy atom. The molecule has 0 saturated heterocycles. The monoisotopic (exact) mass is 362 g/mol. The Kier molecular flexibility index (Phi) is 4.82. The second-order valence-electron chi connectivity index (χ2n) is 5.47. The zero-order valence-electron chi connectivity index (χ0n) is 13.2. The lowest BCUT2D eigenvalue weighted by molar-refractivity contribution is -0.116. The summed E-state index contributed by atoms with van der Waals surface area (Å²) >= 11 is 1.64. The summed E-state index contributed by atoms with van der Waals surface area (Å²) in [5.74, 6) is 0.829. The van der Waals surface area contributed by atoms with Crippen LogP contribution in [0.3, 0.4) is 0 Å². The second kappa shape index (κ2) is 6.86. The molecule has 0 radical (unpaired) electrons. The van der Waals surface area contributed by atoms with E-state index in [2.05, 4.69) is 4.72 Å². The van der Waals surface area contributed by atoms with Crippen molar-refractivity contribution < 1.29 is 13.2 Å². The Labute approximate surface area is 146 Å². The molecule has 0 spiro atoms. The van der Waals surface area contributed by atoms with Gasteiger partial charge in [0, 0.05) is 24.1 Å². The number of carbonyl (C=O) groups is 1. The minimum absolute atomic E-state index is 0.0793. The SMILES string of the molecule is CC(=O)N1CCCSc2ccc(S(=O)(=O)Nc3ccccc3)cc21. The number of thioether (sulfide) groups is 1. The van der Waals surface area contributed by atoms with Crippen LogP contribution >= 0.6 is 11.8 Å². The number of benzene rings is 2. The van der Waals surface area contributed by atoms with Gasteiger partial charge >= 0.3 is 0 Å². The van der Waals surface area contributed by atoms with Crippen LogP contribution in [0.5, 0.6) is 0 Å². The van der Waals surface area contributed by atoms with Crippen LogP contribution in [0.1, 0.15) is 13.3 Å². The van der Waals surface area contributed by atoms with Gasteiger partial charge in [-0.15, -0.1) is 11.8 Å². The molecule has 0 fully saturated rings. The second-order valence-corrected chi connectivity index (χ2v) is 8.29. The van der Waals surface area contributed by atoms with Gasteiger partial charge in [-0.1, -0.05) is 18.2 Å². The minimum Gasteiger partial charge on any atom is -0.311 e. The quantitative estimate of drug-likeness (QED) is 0.909. The van der Waals surface area contributed by atoms with Gasteiger partial charge < -0.3 is 4.90 Å². The number of hydrogen-bond acceptors (Lipinski definition) is 4. The van der Waals surface area contributed by atoms with Crippen LogP contribution in [0.25, 0.3) is 0 Å². The van der Waals surface area contributed by atoms with E-state index in [1.807, 2.05) is 6.07 Å². The van der Waals surface area contributed by atoms with Gasteiger partial charge in [0.15, 0.2) is 0 Å². The highest BCUT2D eigenvalue weighted by Gasteiger charge is 2.23. The smallest absolute Gasteiger partial charge is 0.261 e. The number of sulfonamides is 1. The van der Waals surface area contributed by atoms with E-state index in [1.54, 1.807) is 59.1 Å². The molecule has 0 aliphatic carbocycles. The van der Waals surface area contributed by atoms with E-state index < -0.39 is 10.0 Å². The molecule has 0 aromatic heterocycles. The summed E-state index contributed by atoms with van der Waals surface area (Å²) in [6.07, 6.45) is 0.878. The van der Waals surface area contributed by atoms with Crippen LogP contribution in [0.15, 0.2) is 58.3 Å². The number of anilines is 2. The molecule has 1 aliphatic rings. The molecule has 24 heavy (non-hydrogen) atoms. The van der Waals surface area contributed by atoms with Gasteiger partial charge in [0.1, 0.15) is 0 Å². The number of hydrogen-bond donors (Lipinski definition) is 1. The molecule has 5 nitrogen and oxygen atoms in total. The Hall–Kier alpha value is -1.99. The Morgan fingerprint density at radius 1 is 1.17 bits per heavy atom. The van der Waals surface area contributed by atoms with E-state index in [0.717, 1.165) is 17.1 Å². The summed E-state index contributed by atoms with van der Waals surface area (Å²) < 4.78 is 27.8. The van der Waals surface area contributed by atoms with E-state index in [-0.39, 0.29) is 10.8 Å². The summed E-state index contributed by atoms with van der Waals surface area (Å²) in [6.45, 7) is 2.11. The summed E-state index contributed by atoms with van der Waals surface area (Å²) in [5.41, 5.74) is 1.17. The predicted octanol–water partition coefficient (Wildman–Crippen LogP) is 3.34. The van der Waals surface area contributed by atoms with Crippen LogP contribution < -0.4 is 9.62 Å². The van der Waals surface area contributed by atoms with Crippen molar-refractivity contribution in [3.8, 4) is 0 Å². The van der Waals surface area contributed by atoms with Gasteiger partial charge in [-0.2, -0.15) is 0 Å².